The van der Waals surface area contributed by atoms with Crippen LogP contribution in [0.5, 0.6) is 11.5 Å². The molecule has 1 aliphatic heterocycles. The van der Waals surface area contributed by atoms with Crippen LogP contribution in [0, 0.1) is 12.8 Å². The Morgan fingerprint density at radius 1 is 1.33 bits per heavy atom. The molecule has 1 atom stereocenters. The van der Waals surface area contributed by atoms with E-state index in [2.05, 4.69) is 36.1 Å². The van der Waals surface area contributed by atoms with Crippen molar-refractivity contribution >= 4 is 27.2 Å². The second-order valence-electron chi connectivity index (χ2n) is 6.97. The number of nitrogens with zero attached hydrogens (tertiary/aromatic N) is 1. The first kappa shape index (κ1) is 17.9. The molecular weight excluding hydrogens is 362 g/mol. The van der Waals surface area contributed by atoms with Gasteiger partial charge in [-0.05, 0) is 37.0 Å². The highest BCUT2D eigenvalue weighted by Gasteiger charge is 2.17. The molecule has 0 bridgehead atoms. The van der Waals surface area contributed by atoms with E-state index in [9.17, 15) is 4.79 Å². The van der Waals surface area contributed by atoms with Crippen molar-refractivity contribution < 1.29 is 9.47 Å². The zero-order valence-corrected chi connectivity index (χ0v) is 16.5. The summed E-state index contributed by atoms with van der Waals surface area (Å²) in [6.07, 6.45) is 2.02. The summed E-state index contributed by atoms with van der Waals surface area (Å²) in [6.45, 7) is 7.16. The van der Waals surface area contributed by atoms with Gasteiger partial charge in [0, 0.05) is 16.6 Å². The summed E-state index contributed by atoms with van der Waals surface area (Å²) in [7, 11) is 0. The maximum absolute atomic E-state index is 12.7. The van der Waals surface area contributed by atoms with Gasteiger partial charge in [-0.1, -0.05) is 20.3 Å². The van der Waals surface area contributed by atoms with Gasteiger partial charge in [-0.25, -0.2) is 4.98 Å². The number of benzene rings is 1. The van der Waals surface area contributed by atoms with Crippen molar-refractivity contribution in [2.75, 3.05) is 12.1 Å². The van der Waals surface area contributed by atoms with Gasteiger partial charge in [-0.2, -0.15) is 0 Å². The van der Waals surface area contributed by atoms with Gasteiger partial charge in [0.05, 0.1) is 11.9 Å². The lowest BCUT2D eigenvalue weighted by Crippen LogP contribution is -2.15. The molecule has 2 aromatic heterocycles. The van der Waals surface area contributed by atoms with Gasteiger partial charge >= 0.3 is 0 Å². The van der Waals surface area contributed by atoms with Crippen LogP contribution >= 0.6 is 11.3 Å². The third-order valence-electron chi connectivity index (χ3n) is 4.99. The van der Waals surface area contributed by atoms with E-state index in [0.29, 0.717) is 18.3 Å². The Morgan fingerprint density at radius 2 is 2.15 bits per heavy atom. The summed E-state index contributed by atoms with van der Waals surface area (Å²) < 4.78 is 10.7. The molecule has 0 saturated carbocycles. The highest BCUT2D eigenvalue weighted by molar-refractivity contribution is 7.18. The van der Waals surface area contributed by atoms with Crippen molar-refractivity contribution in [3.05, 3.63) is 44.8 Å². The fraction of sp³-hybridized carbons (Fsp3) is 0.400. The average molecular weight is 385 g/mol. The standard InChI is InChI=1S/C20H23N3O3S/c1-4-11(2)7-14-12(3)27-20-18(14)19(24)22-17(23-20)9-21-13-5-6-15-16(8-13)26-10-25-15/h5-6,8,11,21H,4,7,9-10H2,1-3H3,(H,22,23,24)/t11-/m0/s1. The minimum atomic E-state index is -0.0508. The molecule has 1 aromatic carbocycles. The number of anilines is 1. The lowest BCUT2D eigenvalue weighted by atomic mass is 9.98. The van der Waals surface area contributed by atoms with E-state index >= 15 is 0 Å². The Balaban J connectivity index is 1.57. The smallest absolute Gasteiger partial charge is 0.259 e. The van der Waals surface area contributed by atoms with Gasteiger partial charge in [-0.3, -0.25) is 4.79 Å². The summed E-state index contributed by atoms with van der Waals surface area (Å²) in [5.74, 6) is 2.65. The van der Waals surface area contributed by atoms with Gasteiger partial charge in [0.15, 0.2) is 11.5 Å². The first-order valence-electron chi connectivity index (χ1n) is 9.19. The quantitative estimate of drug-likeness (QED) is 0.664. The predicted octanol–water partition coefficient (Wildman–Crippen LogP) is 4.22. The number of nitrogens with one attached hydrogen (secondary N) is 2. The largest absolute Gasteiger partial charge is 0.454 e. The van der Waals surface area contributed by atoms with Crippen LogP contribution in [0.2, 0.25) is 0 Å². The lowest BCUT2D eigenvalue weighted by molar-refractivity contribution is 0.174. The minimum Gasteiger partial charge on any atom is -0.454 e. The number of rotatable bonds is 6. The van der Waals surface area contributed by atoms with E-state index < -0.39 is 0 Å². The molecule has 0 amide bonds. The second-order valence-corrected chi connectivity index (χ2v) is 8.17. The van der Waals surface area contributed by atoms with Crippen molar-refractivity contribution in [2.24, 2.45) is 5.92 Å². The highest BCUT2D eigenvalue weighted by atomic mass is 32.1. The van der Waals surface area contributed by atoms with Gasteiger partial charge in [0.1, 0.15) is 10.7 Å². The molecule has 0 saturated heterocycles. The number of H-pyrrole nitrogens is 1. The Bertz CT molecular complexity index is 1040. The van der Waals surface area contributed by atoms with Gasteiger partial charge in [-0.15, -0.1) is 11.3 Å². The van der Waals surface area contributed by atoms with Crippen LogP contribution in [0.1, 0.15) is 36.5 Å². The van der Waals surface area contributed by atoms with Crippen LogP contribution < -0.4 is 20.3 Å². The van der Waals surface area contributed by atoms with E-state index in [-0.39, 0.29) is 12.4 Å². The first-order chi connectivity index (χ1) is 13.0. The van der Waals surface area contributed by atoms with Crippen LogP contribution in [-0.4, -0.2) is 16.8 Å². The van der Waals surface area contributed by atoms with Crippen LogP contribution in [0.3, 0.4) is 0 Å². The number of aromatic amines is 1. The van der Waals surface area contributed by atoms with Crippen molar-refractivity contribution in [1.29, 1.82) is 0 Å². The number of fused-ring (bicyclic) bond motifs is 2. The fourth-order valence-corrected chi connectivity index (χ4v) is 4.31. The van der Waals surface area contributed by atoms with E-state index in [4.69, 9.17) is 9.47 Å². The van der Waals surface area contributed by atoms with E-state index in [1.165, 1.54) is 4.88 Å². The summed E-state index contributed by atoms with van der Waals surface area (Å²) in [5, 5.41) is 4.04. The summed E-state index contributed by atoms with van der Waals surface area (Å²) >= 11 is 1.60. The zero-order valence-electron chi connectivity index (χ0n) is 15.7. The number of thiophene rings is 1. The van der Waals surface area contributed by atoms with Crippen LogP contribution in [0.4, 0.5) is 5.69 Å². The topological polar surface area (TPSA) is 76.2 Å². The monoisotopic (exact) mass is 385 g/mol. The average Bonchev–Trinajstić information content (AvgIpc) is 3.24. The predicted molar refractivity (Wildman–Crippen MR) is 108 cm³/mol. The summed E-state index contributed by atoms with van der Waals surface area (Å²) in [5.41, 5.74) is 1.99. The third-order valence-corrected chi connectivity index (χ3v) is 6.04. The number of aromatic nitrogens is 2. The van der Waals surface area contributed by atoms with Gasteiger partial charge < -0.3 is 19.8 Å². The van der Waals surface area contributed by atoms with Crippen molar-refractivity contribution in [1.82, 2.24) is 9.97 Å². The van der Waals surface area contributed by atoms with E-state index in [1.807, 2.05) is 18.2 Å². The van der Waals surface area contributed by atoms with Crippen LogP contribution in [-0.2, 0) is 13.0 Å². The third kappa shape index (κ3) is 3.51. The van der Waals surface area contributed by atoms with Gasteiger partial charge in [0.25, 0.3) is 5.56 Å². The number of hydrogen-bond donors (Lipinski definition) is 2. The summed E-state index contributed by atoms with van der Waals surface area (Å²) in [4.78, 5) is 22.3. The van der Waals surface area contributed by atoms with Crippen molar-refractivity contribution in [3.63, 3.8) is 0 Å². The molecule has 0 fully saturated rings. The maximum atomic E-state index is 12.7. The maximum Gasteiger partial charge on any atom is 0.259 e. The zero-order chi connectivity index (χ0) is 19.0. The molecule has 7 heteroatoms. The molecule has 2 N–H and O–H groups in total. The highest BCUT2D eigenvalue weighted by Crippen LogP contribution is 2.34. The molecule has 4 rings (SSSR count). The molecule has 0 spiro atoms. The van der Waals surface area contributed by atoms with Crippen LogP contribution in [0.25, 0.3) is 10.2 Å². The van der Waals surface area contributed by atoms with E-state index in [0.717, 1.165) is 45.8 Å². The Hall–Kier alpha value is -2.54. The fourth-order valence-electron chi connectivity index (χ4n) is 3.23. The molecule has 0 unspecified atom stereocenters. The molecule has 6 nitrogen and oxygen atoms in total. The molecule has 0 radical (unpaired) electrons. The van der Waals surface area contributed by atoms with E-state index in [1.54, 1.807) is 11.3 Å². The summed E-state index contributed by atoms with van der Waals surface area (Å²) in [6, 6.07) is 5.68. The number of aryl methyl sites for hydroxylation is 1. The molecule has 3 aromatic rings. The molecule has 27 heavy (non-hydrogen) atoms. The Labute approximate surface area is 161 Å². The molecule has 1 aliphatic rings. The lowest BCUT2D eigenvalue weighted by Gasteiger charge is -2.09. The molecule has 3 heterocycles. The molecular formula is C20H23N3O3S. The minimum absolute atomic E-state index is 0.0508. The normalized spacial score (nSPS) is 13.9. The number of ether oxygens (including phenoxy) is 2. The van der Waals surface area contributed by atoms with Gasteiger partial charge in [0.2, 0.25) is 6.79 Å². The molecule has 0 aliphatic carbocycles. The first-order valence-corrected chi connectivity index (χ1v) is 10.0. The Morgan fingerprint density at radius 3 is 2.96 bits per heavy atom. The Kier molecular flexibility index (Phi) is 4.78. The SMILES string of the molecule is CC[C@H](C)Cc1c(C)sc2nc(CNc3ccc4c(c3)OCO4)[nH]c(=O)c12. The van der Waals surface area contributed by atoms with Crippen molar-refractivity contribution in [2.45, 2.75) is 40.2 Å². The van der Waals surface area contributed by atoms with Crippen LogP contribution in [0.15, 0.2) is 23.0 Å². The second kappa shape index (κ2) is 7.23. The van der Waals surface area contributed by atoms with Crippen molar-refractivity contribution in [3.8, 4) is 11.5 Å². The molecule has 142 valence electrons. The number of hydrogen-bond acceptors (Lipinski definition) is 6.